The van der Waals surface area contributed by atoms with Crippen molar-refractivity contribution in [2.45, 2.75) is 83.5 Å². The highest BCUT2D eigenvalue weighted by Crippen LogP contribution is 2.55. The molecule has 5 rings (SSSR count). The van der Waals surface area contributed by atoms with Gasteiger partial charge >= 0.3 is 0 Å². The number of carbonyl (C=O) groups is 2. The molecule has 0 bridgehead atoms. The van der Waals surface area contributed by atoms with Crippen LogP contribution in [0, 0.1) is 12.7 Å². The van der Waals surface area contributed by atoms with Gasteiger partial charge in [0.1, 0.15) is 28.3 Å². The van der Waals surface area contributed by atoms with E-state index in [2.05, 4.69) is 46.5 Å². The van der Waals surface area contributed by atoms with Gasteiger partial charge in [0.15, 0.2) is 0 Å². The summed E-state index contributed by atoms with van der Waals surface area (Å²) in [4.78, 5) is 38.8. The fraction of sp³-hybridized carbons (Fsp3) is 0.448. The molecule has 1 saturated carbocycles. The average molecular weight is 520 g/mol. The molecule has 1 aromatic carbocycles. The van der Waals surface area contributed by atoms with E-state index in [0.717, 1.165) is 11.1 Å². The molecule has 8 heteroatoms. The van der Waals surface area contributed by atoms with Crippen LogP contribution < -0.4 is 4.43 Å². The van der Waals surface area contributed by atoms with Gasteiger partial charge in [0.05, 0.1) is 11.1 Å². The largest absolute Gasteiger partial charge is 0.541 e. The van der Waals surface area contributed by atoms with Crippen molar-refractivity contribution in [1.29, 1.82) is 0 Å². The van der Waals surface area contributed by atoms with Crippen LogP contribution in [0.15, 0.2) is 36.5 Å². The number of amides is 2. The maximum Gasteiger partial charge on any atom is 0.281 e. The molecular weight excluding hydrogens is 485 g/mol. The van der Waals surface area contributed by atoms with Gasteiger partial charge in [0.2, 0.25) is 0 Å². The average Bonchev–Trinajstić information content (AvgIpc) is 3.58. The second-order valence-corrected chi connectivity index (χ2v) is 16.8. The van der Waals surface area contributed by atoms with Crippen molar-refractivity contribution in [2.75, 3.05) is 0 Å². The highest BCUT2D eigenvalue weighted by molar-refractivity contribution is 6.78. The third kappa shape index (κ3) is 3.63. The van der Waals surface area contributed by atoms with Crippen molar-refractivity contribution >= 4 is 31.2 Å². The van der Waals surface area contributed by atoms with E-state index in [-0.39, 0.29) is 33.7 Å². The summed E-state index contributed by atoms with van der Waals surface area (Å²) in [6.45, 7) is 15.0. The van der Waals surface area contributed by atoms with Gasteiger partial charge in [-0.2, -0.15) is 0 Å². The van der Waals surface area contributed by atoms with Gasteiger partial charge in [-0.05, 0) is 65.7 Å². The van der Waals surface area contributed by atoms with E-state index >= 15 is 0 Å². The summed E-state index contributed by atoms with van der Waals surface area (Å²) in [5, 5.41) is 0. The number of aryl methyl sites for hydroxylation is 1. The number of hydrogen-bond acceptors (Lipinski definition) is 5. The molecule has 37 heavy (non-hydrogen) atoms. The van der Waals surface area contributed by atoms with Crippen LogP contribution in [-0.2, 0) is 5.54 Å². The number of fused-ring (bicyclic) bond motifs is 2. The maximum absolute atomic E-state index is 14.2. The second kappa shape index (κ2) is 8.72. The minimum atomic E-state index is -2.51. The van der Waals surface area contributed by atoms with Gasteiger partial charge in [-0.1, -0.05) is 53.7 Å². The molecule has 1 aliphatic heterocycles. The van der Waals surface area contributed by atoms with Crippen LogP contribution in [0.4, 0.5) is 4.39 Å². The first-order valence-corrected chi connectivity index (χ1v) is 15.2. The highest BCUT2D eigenvalue weighted by Gasteiger charge is 2.59. The van der Waals surface area contributed by atoms with Gasteiger partial charge in [0.25, 0.3) is 20.1 Å². The first kappa shape index (κ1) is 25.5. The van der Waals surface area contributed by atoms with Gasteiger partial charge in [-0.3, -0.25) is 19.5 Å². The zero-order valence-corrected chi connectivity index (χ0v) is 23.6. The van der Waals surface area contributed by atoms with Crippen LogP contribution in [0.5, 0.6) is 5.75 Å². The molecule has 2 amide bonds. The van der Waals surface area contributed by atoms with E-state index < -0.39 is 25.7 Å². The first-order valence-electron chi connectivity index (χ1n) is 13.1. The Morgan fingerprint density at radius 3 is 2.05 bits per heavy atom. The maximum atomic E-state index is 14.2. The Hall–Kier alpha value is -3.13. The Morgan fingerprint density at radius 1 is 0.919 bits per heavy atom. The number of pyridine rings is 2. The molecule has 6 nitrogen and oxygen atoms in total. The Kier molecular flexibility index (Phi) is 6.01. The molecule has 0 atom stereocenters. The van der Waals surface area contributed by atoms with Crippen molar-refractivity contribution in [3.8, 4) is 5.75 Å². The Balaban J connectivity index is 1.74. The van der Waals surface area contributed by atoms with E-state index in [1.807, 2.05) is 13.0 Å². The van der Waals surface area contributed by atoms with Gasteiger partial charge < -0.3 is 4.43 Å². The van der Waals surface area contributed by atoms with Crippen LogP contribution in [0.25, 0.3) is 11.0 Å². The van der Waals surface area contributed by atoms with Gasteiger partial charge in [-0.15, -0.1) is 0 Å². The molecule has 0 unspecified atom stereocenters. The number of imide groups is 1. The number of benzene rings is 1. The van der Waals surface area contributed by atoms with Crippen LogP contribution in [0.2, 0.25) is 16.6 Å². The topological polar surface area (TPSA) is 72.4 Å². The van der Waals surface area contributed by atoms with Crippen LogP contribution in [-0.4, -0.2) is 35.0 Å². The summed E-state index contributed by atoms with van der Waals surface area (Å²) in [6.07, 6.45) is 2.95. The highest BCUT2D eigenvalue weighted by atomic mass is 28.4. The predicted molar refractivity (Wildman–Crippen MR) is 144 cm³/mol. The summed E-state index contributed by atoms with van der Waals surface area (Å²) >= 11 is 0. The molecule has 194 valence electrons. The van der Waals surface area contributed by atoms with Crippen molar-refractivity contribution in [2.24, 2.45) is 0 Å². The molecule has 2 aromatic heterocycles. The number of halogens is 1. The number of carbonyl (C=O) groups excluding carboxylic acids is 2. The summed E-state index contributed by atoms with van der Waals surface area (Å²) in [5.74, 6) is -0.803. The van der Waals surface area contributed by atoms with E-state index in [1.165, 1.54) is 17.0 Å². The Bertz CT molecular complexity index is 1390. The quantitative estimate of drug-likeness (QED) is 0.250. The Labute approximate surface area is 218 Å². The smallest absolute Gasteiger partial charge is 0.281 e. The summed E-state index contributed by atoms with van der Waals surface area (Å²) in [5.41, 5.74) is 3.02. The zero-order chi connectivity index (χ0) is 26.9. The molecule has 3 aromatic rings. The lowest BCUT2D eigenvalue weighted by atomic mass is 10.0. The predicted octanol–water partition coefficient (Wildman–Crippen LogP) is 6.92. The van der Waals surface area contributed by atoms with E-state index in [0.29, 0.717) is 29.6 Å². The fourth-order valence-electron chi connectivity index (χ4n) is 6.45. The molecule has 3 heterocycles. The monoisotopic (exact) mass is 519 g/mol. The van der Waals surface area contributed by atoms with Crippen molar-refractivity contribution < 1.29 is 18.4 Å². The normalized spacial score (nSPS) is 16.9. The van der Waals surface area contributed by atoms with Crippen LogP contribution >= 0.6 is 0 Å². The van der Waals surface area contributed by atoms with Crippen molar-refractivity contribution in [3.63, 3.8) is 0 Å². The third-order valence-corrected chi connectivity index (χ3v) is 14.3. The lowest BCUT2D eigenvalue weighted by Gasteiger charge is -2.42. The molecule has 0 N–H and O–H groups in total. The standard InChI is InChI=1S/C29H34FN3O3Si/c1-16(2)37(17(3)4,18(5)6)36-26-22-24(32-23-19(7)12-15-31-25(23)26)28(35)33(27(22)34)29(13-14-29)20-8-10-21(30)11-9-20/h8-12,15-18H,13-14H2,1-7H3. The minimum Gasteiger partial charge on any atom is -0.541 e. The fourth-order valence-corrected chi connectivity index (χ4v) is 11.7. The Morgan fingerprint density at radius 2 is 1.51 bits per heavy atom. The summed E-state index contributed by atoms with van der Waals surface area (Å²) in [6, 6.07) is 7.91. The van der Waals surface area contributed by atoms with Crippen molar-refractivity contribution in [1.82, 2.24) is 14.9 Å². The van der Waals surface area contributed by atoms with Gasteiger partial charge in [-0.25, -0.2) is 9.37 Å². The zero-order valence-electron chi connectivity index (χ0n) is 22.6. The number of rotatable bonds is 7. The summed E-state index contributed by atoms with van der Waals surface area (Å²) in [7, 11) is -2.51. The minimum absolute atomic E-state index is 0.121. The number of nitrogens with zero attached hydrogens (tertiary/aromatic N) is 3. The third-order valence-electron chi connectivity index (χ3n) is 8.37. The molecule has 0 radical (unpaired) electrons. The molecular formula is C29H34FN3O3Si. The second-order valence-electron chi connectivity index (χ2n) is 11.4. The number of hydrogen-bond donors (Lipinski definition) is 0. The molecule has 0 spiro atoms. The SMILES string of the molecule is Cc1ccnc2c(O[Si](C(C)C)(C(C)C)C(C)C)c3c(nc12)C(=O)N(C1(c2ccc(F)cc2)CC1)C3=O. The van der Waals surface area contributed by atoms with Gasteiger partial charge in [0, 0.05) is 6.20 Å². The van der Waals surface area contributed by atoms with Crippen molar-refractivity contribution in [3.05, 3.63) is 64.7 Å². The van der Waals surface area contributed by atoms with E-state index in [4.69, 9.17) is 9.41 Å². The lowest BCUT2D eigenvalue weighted by molar-refractivity contribution is 0.0553. The first-order chi connectivity index (χ1) is 17.5. The van der Waals surface area contributed by atoms with Crippen LogP contribution in [0.3, 0.4) is 0 Å². The molecule has 1 fully saturated rings. The van der Waals surface area contributed by atoms with E-state index in [1.54, 1.807) is 18.3 Å². The lowest BCUT2D eigenvalue weighted by Crippen LogP contribution is -2.51. The number of aromatic nitrogens is 2. The molecule has 2 aliphatic rings. The molecule has 0 saturated heterocycles. The summed E-state index contributed by atoms with van der Waals surface area (Å²) < 4.78 is 20.8. The molecule has 1 aliphatic carbocycles. The van der Waals surface area contributed by atoms with Crippen LogP contribution in [0.1, 0.15) is 86.4 Å². The van der Waals surface area contributed by atoms with E-state index in [9.17, 15) is 14.0 Å².